The average molecular weight is 232 g/mol. The summed E-state index contributed by atoms with van der Waals surface area (Å²) >= 11 is 0. The van der Waals surface area contributed by atoms with Crippen LogP contribution in [0.2, 0.25) is 0 Å². The first-order valence-corrected chi connectivity index (χ1v) is 6.06. The van der Waals surface area contributed by atoms with Crippen molar-refractivity contribution in [2.24, 2.45) is 0 Å². The van der Waals surface area contributed by atoms with Crippen molar-refractivity contribution in [2.45, 2.75) is 0 Å². The van der Waals surface area contributed by atoms with Crippen LogP contribution in [0.15, 0.2) is 66.7 Å². The van der Waals surface area contributed by atoms with E-state index in [1.54, 1.807) is 0 Å². The maximum atomic E-state index is 9.04. The molecule has 3 aromatic rings. The normalized spacial score (nSPS) is 10.5. The van der Waals surface area contributed by atoms with Crippen molar-refractivity contribution in [3.05, 3.63) is 66.7 Å². The quantitative estimate of drug-likeness (QED) is 0.673. The topological polar surface area (TPSA) is 20.2 Å². The summed E-state index contributed by atoms with van der Waals surface area (Å²) in [6.07, 6.45) is 0. The molecule has 1 N–H and O–H groups in total. The van der Waals surface area contributed by atoms with Crippen LogP contribution in [-0.2, 0) is 0 Å². The van der Waals surface area contributed by atoms with Gasteiger partial charge in [0.25, 0.3) is 0 Å². The Hall–Kier alpha value is -2.06. The number of hydrogen-bond acceptors (Lipinski definition) is 1. The fourth-order valence-corrected chi connectivity index (χ4v) is 2.17. The Balaban J connectivity index is 2.07. The Morgan fingerprint density at radius 3 is 2.06 bits per heavy atom. The third-order valence-corrected chi connectivity index (χ3v) is 3.22. The van der Waals surface area contributed by atoms with Gasteiger partial charge in [-0.1, -0.05) is 66.1 Å². The van der Waals surface area contributed by atoms with E-state index >= 15 is 0 Å². The van der Waals surface area contributed by atoms with Crippen molar-refractivity contribution in [3.63, 3.8) is 0 Å². The predicted octanol–water partition coefficient (Wildman–Crippen LogP) is 2.48. The molecule has 0 amide bonds. The summed E-state index contributed by atoms with van der Waals surface area (Å²) in [4.78, 5) is 0. The van der Waals surface area contributed by atoms with Crippen LogP contribution in [0.3, 0.4) is 0 Å². The van der Waals surface area contributed by atoms with Gasteiger partial charge in [0, 0.05) is 0 Å². The first kappa shape index (κ1) is 11.1. The van der Waals surface area contributed by atoms with Gasteiger partial charge in [0.2, 0.25) is 0 Å². The van der Waals surface area contributed by atoms with E-state index in [0.29, 0.717) is 0 Å². The molecule has 0 radical (unpaired) electrons. The van der Waals surface area contributed by atoms with Crippen molar-refractivity contribution in [1.29, 1.82) is 0 Å². The van der Waals surface area contributed by atoms with Crippen LogP contribution in [0.1, 0.15) is 0 Å². The van der Waals surface area contributed by atoms with E-state index in [1.165, 1.54) is 21.9 Å². The van der Waals surface area contributed by atoms with Gasteiger partial charge in [-0.15, -0.1) is 0 Å². The summed E-state index contributed by atoms with van der Waals surface area (Å²) in [5, 5.41) is 11.5. The first-order valence-electron chi connectivity index (χ1n) is 6.06. The van der Waals surface area contributed by atoms with Crippen LogP contribution in [0.25, 0.3) is 21.9 Å². The molecule has 0 aliphatic rings. The van der Waals surface area contributed by atoms with Gasteiger partial charge in [0.05, 0.1) is 0 Å². The van der Waals surface area contributed by atoms with Crippen LogP contribution in [0, 0.1) is 0 Å². The lowest BCUT2D eigenvalue weighted by Crippen LogP contribution is -2.11. The number of fused-ring (bicyclic) bond motifs is 1. The minimum Gasteiger partial charge on any atom is -0.449 e. The summed E-state index contributed by atoms with van der Waals surface area (Å²) in [5.41, 5.74) is 3.33. The predicted molar refractivity (Wildman–Crippen MR) is 78.4 cm³/mol. The fourth-order valence-electron chi connectivity index (χ4n) is 2.17. The molecule has 0 aromatic heterocycles. The van der Waals surface area contributed by atoms with Crippen molar-refractivity contribution in [1.82, 2.24) is 0 Å². The van der Waals surface area contributed by atoms with E-state index < -0.39 is 0 Å². The Kier molecular flexibility index (Phi) is 2.87. The zero-order valence-electron chi connectivity index (χ0n) is 10.0. The van der Waals surface area contributed by atoms with Crippen LogP contribution < -0.4 is 5.46 Å². The molecule has 1 nitrogen and oxygen atoms in total. The second-order valence-corrected chi connectivity index (χ2v) is 4.42. The third-order valence-electron chi connectivity index (χ3n) is 3.22. The fraction of sp³-hybridized carbons (Fsp3) is 0. The lowest BCUT2D eigenvalue weighted by molar-refractivity contribution is 0.615. The monoisotopic (exact) mass is 232 g/mol. The highest BCUT2D eigenvalue weighted by Gasteiger charge is 2.00. The maximum absolute atomic E-state index is 9.04. The Morgan fingerprint density at radius 2 is 1.33 bits per heavy atom. The second-order valence-electron chi connectivity index (χ2n) is 4.42. The number of benzene rings is 3. The van der Waals surface area contributed by atoms with Gasteiger partial charge in [-0.05, 0) is 28.0 Å². The molecule has 0 aliphatic heterocycles. The van der Waals surface area contributed by atoms with Gasteiger partial charge in [-0.2, -0.15) is 0 Å². The lowest BCUT2D eigenvalue weighted by Gasteiger charge is -2.05. The molecule has 3 rings (SSSR count). The SMILES string of the molecule is OBc1ccc(-c2ccc3ccccc3c2)cc1. The maximum Gasteiger partial charge on any atom is 0.304 e. The zero-order chi connectivity index (χ0) is 12.4. The van der Waals surface area contributed by atoms with E-state index in [9.17, 15) is 0 Å². The Bertz CT molecular complexity index is 674. The molecule has 86 valence electrons. The van der Waals surface area contributed by atoms with Crippen LogP contribution in [0.5, 0.6) is 0 Å². The molecule has 0 fully saturated rings. The molecule has 0 atom stereocenters. The van der Waals surface area contributed by atoms with E-state index in [0.717, 1.165) is 5.46 Å². The lowest BCUT2D eigenvalue weighted by atomic mass is 9.87. The summed E-state index contributed by atoms with van der Waals surface area (Å²) < 4.78 is 0. The third kappa shape index (κ3) is 2.03. The molecule has 0 unspecified atom stereocenters. The highest BCUT2D eigenvalue weighted by Crippen LogP contribution is 2.23. The minimum atomic E-state index is 0.0952. The molecule has 2 heteroatoms. The highest BCUT2D eigenvalue weighted by molar-refractivity contribution is 6.45. The summed E-state index contributed by atoms with van der Waals surface area (Å²) in [6.45, 7) is 0. The molecule has 0 aliphatic carbocycles. The molecule has 0 spiro atoms. The molecule has 0 saturated heterocycles. The largest absolute Gasteiger partial charge is 0.449 e. The van der Waals surface area contributed by atoms with Gasteiger partial charge in [0.1, 0.15) is 0 Å². The highest BCUT2D eigenvalue weighted by atomic mass is 16.2. The minimum absolute atomic E-state index is 0.0952. The summed E-state index contributed by atoms with van der Waals surface area (Å²) in [6, 6.07) is 22.9. The van der Waals surface area contributed by atoms with Crippen LogP contribution >= 0.6 is 0 Å². The van der Waals surface area contributed by atoms with Crippen LogP contribution in [0.4, 0.5) is 0 Å². The molecule has 3 aromatic carbocycles. The van der Waals surface area contributed by atoms with E-state index in [1.807, 2.05) is 12.1 Å². The first-order chi connectivity index (χ1) is 8.86. The molecule has 18 heavy (non-hydrogen) atoms. The number of rotatable bonds is 2. The number of hydrogen-bond donors (Lipinski definition) is 1. The van der Waals surface area contributed by atoms with Gasteiger partial charge < -0.3 is 5.02 Å². The Labute approximate surface area is 107 Å². The van der Waals surface area contributed by atoms with Crippen molar-refractivity contribution in [2.75, 3.05) is 0 Å². The zero-order valence-corrected chi connectivity index (χ0v) is 10.0. The Morgan fingerprint density at radius 1 is 0.667 bits per heavy atom. The van der Waals surface area contributed by atoms with Gasteiger partial charge in [-0.25, -0.2) is 0 Å². The van der Waals surface area contributed by atoms with Crippen molar-refractivity contribution >= 4 is 23.7 Å². The van der Waals surface area contributed by atoms with Crippen LogP contribution in [-0.4, -0.2) is 12.5 Å². The molecular weight excluding hydrogens is 219 g/mol. The molecule has 0 bridgehead atoms. The summed E-state index contributed by atoms with van der Waals surface area (Å²) in [7, 11) is 0.0952. The van der Waals surface area contributed by atoms with Crippen molar-refractivity contribution < 1.29 is 5.02 Å². The smallest absolute Gasteiger partial charge is 0.304 e. The summed E-state index contributed by atoms with van der Waals surface area (Å²) in [5.74, 6) is 0. The van der Waals surface area contributed by atoms with Gasteiger partial charge >= 0.3 is 7.48 Å². The van der Waals surface area contributed by atoms with Gasteiger partial charge in [-0.3, -0.25) is 0 Å². The molecule has 0 heterocycles. The molecule has 0 saturated carbocycles. The second kappa shape index (κ2) is 4.67. The molecular formula is C16H13BO. The van der Waals surface area contributed by atoms with E-state index in [2.05, 4.69) is 54.6 Å². The van der Waals surface area contributed by atoms with E-state index in [-0.39, 0.29) is 7.48 Å². The van der Waals surface area contributed by atoms with Crippen molar-refractivity contribution in [3.8, 4) is 11.1 Å². The average Bonchev–Trinajstić information content (AvgIpc) is 2.47. The van der Waals surface area contributed by atoms with Gasteiger partial charge in [0.15, 0.2) is 0 Å². The standard InChI is InChI=1S/C16H13BO/c18-17-16-9-7-13(8-10-16)15-6-5-12-3-1-2-4-14(12)11-15/h1-11,17-18H. The van der Waals surface area contributed by atoms with E-state index in [4.69, 9.17) is 5.02 Å².